The number of rotatable bonds is 3. The van der Waals surface area contributed by atoms with E-state index in [0.29, 0.717) is 12.4 Å². The van der Waals surface area contributed by atoms with E-state index < -0.39 is 0 Å². The summed E-state index contributed by atoms with van der Waals surface area (Å²) in [7, 11) is 0. The van der Waals surface area contributed by atoms with Crippen LogP contribution in [0.4, 0.5) is 0 Å². The van der Waals surface area contributed by atoms with E-state index in [-0.39, 0.29) is 0 Å². The van der Waals surface area contributed by atoms with E-state index in [2.05, 4.69) is 49.4 Å². The number of tetrazole rings is 1. The van der Waals surface area contributed by atoms with Gasteiger partial charge in [-0.05, 0) is 46.6 Å². The smallest absolute Gasteiger partial charge is 0.209 e. The van der Waals surface area contributed by atoms with Gasteiger partial charge in [0.15, 0.2) is 0 Å². The van der Waals surface area contributed by atoms with Crippen molar-refractivity contribution in [1.82, 2.24) is 30.0 Å². The third kappa shape index (κ3) is 2.14. The van der Waals surface area contributed by atoms with E-state index in [1.807, 2.05) is 29.8 Å². The van der Waals surface area contributed by atoms with E-state index in [1.54, 1.807) is 11.0 Å². The fraction of sp³-hybridized carbons (Fsp3) is 0.231. The normalized spacial score (nSPS) is 10.9. The van der Waals surface area contributed by atoms with Crippen LogP contribution in [0.25, 0.3) is 17.1 Å². The maximum atomic E-state index is 4.41. The average Bonchev–Trinajstić information content (AvgIpc) is 3.06. The van der Waals surface area contributed by atoms with Crippen molar-refractivity contribution in [3.05, 3.63) is 40.6 Å². The van der Waals surface area contributed by atoms with Gasteiger partial charge in [0, 0.05) is 0 Å². The van der Waals surface area contributed by atoms with Crippen LogP contribution in [0, 0.1) is 6.92 Å². The molecule has 3 rings (SSSR count). The summed E-state index contributed by atoms with van der Waals surface area (Å²) in [6.07, 6.45) is 1.74. The van der Waals surface area contributed by atoms with Gasteiger partial charge in [-0.15, -0.1) is 10.2 Å². The van der Waals surface area contributed by atoms with Gasteiger partial charge in [0.2, 0.25) is 5.82 Å². The van der Waals surface area contributed by atoms with Crippen LogP contribution in [0.3, 0.4) is 0 Å². The van der Waals surface area contributed by atoms with Crippen molar-refractivity contribution in [2.45, 2.75) is 20.4 Å². The Morgan fingerprint density at radius 2 is 2.05 bits per heavy atom. The van der Waals surface area contributed by atoms with Crippen LogP contribution in [0.5, 0.6) is 0 Å². The van der Waals surface area contributed by atoms with Gasteiger partial charge >= 0.3 is 0 Å². The summed E-state index contributed by atoms with van der Waals surface area (Å²) in [4.78, 5) is 1.55. The van der Waals surface area contributed by atoms with Gasteiger partial charge < -0.3 is 0 Å². The van der Waals surface area contributed by atoms with Crippen LogP contribution >= 0.6 is 15.9 Å². The molecule has 0 atom stereocenters. The quantitative estimate of drug-likeness (QED) is 0.739. The standard InChI is InChI=1S/C13H13BrN6/c1-3-19-17-13(16-18-19)10-8-15-20(12(10)14)11-7-5-4-6-9(11)2/h4-8H,3H2,1-2H3. The van der Waals surface area contributed by atoms with Gasteiger partial charge in [-0.1, -0.05) is 18.2 Å². The molecule has 2 heterocycles. The lowest BCUT2D eigenvalue weighted by Gasteiger charge is -2.06. The lowest BCUT2D eigenvalue weighted by Crippen LogP contribution is -1.99. The van der Waals surface area contributed by atoms with Crippen LogP contribution < -0.4 is 0 Å². The van der Waals surface area contributed by atoms with Crippen molar-refractivity contribution < 1.29 is 0 Å². The average molecular weight is 333 g/mol. The third-order valence-electron chi connectivity index (χ3n) is 3.03. The molecule has 0 aliphatic rings. The number of para-hydroxylation sites is 1. The van der Waals surface area contributed by atoms with Gasteiger partial charge in [0.05, 0.1) is 24.0 Å². The minimum absolute atomic E-state index is 0.568. The van der Waals surface area contributed by atoms with E-state index in [9.17, 15) is 0 Å². The Bertz CT molecular complexity index is 745. The Morgan fingerprint density at radius 1 is 1.25 bits per heavy atom. The van der Waals surface area contributed by atoms with Crippen LogP contribution in [-0.4, -0.2) is 30.0 Å². The molecule has 0 aliphatic heterocycles. The zero-order chi connectivity index (χ0) is 14.1. The van der Waals surface area contributed by atoms with Crippen molar-refractivity contribution in [2.24, 2.45) is 0 Å². The molecule has 0 spiro atoms. The Hall–Kier alpha value is -2.02. The molecule has 0 radical (unpaired) electrons. The Morgan fingerprint density at radius 3 is 2.75 bits per heavy atom. The molecule has 0 fully saturated rings. The molecule has 1 aromatic carbocycles. The molecular formula is C13H13BrN6. The second kappa shape index (κ2) is 5.16. The lowest BCUT2D eigenvalue weighted by atomic mass is 10.2. The summed E-state index contributed by atoms with van der Waals surface area (Å²) < 4.78 is 2.65. The topological polar surface area (TPSA) is 61.4 Å². The second-order valence-corrected chi connectivity index (χ2v) is 5.10. The number of hydrogen-bond donors (Lipinski definition) is 0. The summed E-state index contributed by atoms with van der Waals surface area (Å²) in [5.41, 5.74) is 2.99. The Balaban J connectivity index is 2.07. The van der Waals surface area contributed by atoms with Crippen LogP contribution in [0.2, 0.25) is 0 Å². The van der Waals surface area contributed by atoms with E-state index in [0.717, 1.165) is 21.4 Å². The predicted octanol–water partition coefficient (Wildman–Crippen LogP) is 2.62. The molecule has 20 heavy (non-hydrogen) atoms. The highest BCUT2D eigenvalue weighted by Gasteiger charge is 2.16. The molecule has 0 saturated heterocycles. The predicted molar refractivity (Wildman–Crippen MR) is 78.5 cm³/mol. The number of benzene rings is 1. The molecule has 0 bridgehead atoms. The van der Waals surface area contributed by atoms with Crippen molar-refractivity contribution in [1.29, 1.82) is 0 Å². The van der Waals surface area contributed by atoms with Gasteiger partial charge in [-0.25, -0.2) is 4.68 Å². The number of aryl methyl sites for hydroxylation is 2. The lowest BCUT2D eigenvalue weighted by molar-refractivity contribution is 0.553. The fourth-order valence-electron chi connectivity index (χ4n) is 1.94. The summed E-state index contributed by atoms with van der Waals surface area (Å²) in [6.45, 7) is 4.71. The molecule has 0 unspecified atom stereocenters. The molecule has 7 heteroatoms. The molecular weight excluding hydrogens is 320 g/mol. The minimum Gasteiger partial charge on any atom is -0.226 e. The van der Waals surface area contributed by atoms with Crippen molar-refractivity contribution in [3.8, 4) is 17.1 Å². The van der Waals surface area contributed by atoms with Crippen molar-refractivity contribution in [2.75, 3.05) is 0 Å². The minimum atomic E-state index is 0.568. The Labute approximate surface area is 124 Å². The SMILES string of the molecule is CCn1nnc(-c2cnn(-c3ccccc3C)c2Br)n1. The first-order chi connectivity index (χ1) is 9.70. The van der Waals surface area contributed by atoms with Gasteiger partial charge in [-0.2, -0.15) is 9.90 Å². The largest absolute Gasteiger partial charge is 0.226 e. The monoisotopic (exact) mass is 332 g/mol. The molecule has 3 aromatic rings. The van der Waals surface area contributed by atoms with Gasteiger partial charge in [0.1, 0.15) is 4.60 Å². The molecule has 0 aliphatic carbocycles. The van der Waals surface area contributed by atoms with E-state index in [4.69, 9.17) is 0 Å². The molecule has 0 saturated carbocycles. The van der Waals surface area contributed by atoms with Crippen LogP contribution in [0.1, 0.15) is 12.5 Å². The van der Waals surface area contributed by atoms with Crippen LogP contribution in [-0.2, 0) is 6.54 Å². The summed E-state index contributed by atoms with van der Waals surface area (Å²) in [5, 5.41) is 16.7. The molecule has 6 nitrogen and oxygen atoms in total. The highest BCUT2D eigenvalue weighted by atomic mass is 79.9. The van der Waals surface area contributed by atoms with E-state index in [1.165, 1.54) is 0 Å². The summed E-state index contributed by atoms with van der Waals surface area (Å²) >= 11 is 3.57. The zero-order valence-electron chi connectivity index (χ0n) is 11.2. The maximum Gasteiger partial charge on any atom is 0.209 e. The van der Waals surface area contributed by atoms with E-state index >= 15 is 0 Å². The first kappa shape index (κ1) is 13.0. The number of aromatic nitrogens is 6. The molecule has 2 aromatic heterocycles. The second-order valence-electron chi connectivity index (χ2n) is 4.35. The molecule has 0 N–H and O–H groups in total. The fourth-order valence-corrected chi connectivity index (χ4v) is 2.50. The highest BCUT2D eigenvalue weighted by molar-refractivity contribution is 9.10. The zero-order valence-corrected chi connectivity index (χ0v) is 12.7. The first-order valence-corrected chi connectivity index (χ1v) is 7.07. The first-order valence-electron chi connectivity index (χ1n) is 6.28. The number of halogens is 1. The molecule has 102 valence electrons. The van der Waals surface area contributed by atoms with Gasteiger partial charge in [-0.3, -0.25) is 0 Å². The maximum absolute atomic E-state index is 4.41. The van der Waals surface area contributed by atoms with Crippen molar-refractivity contribution >= 4 is 15.9 Å². The van der Waals surface area contributed by atoms with Crippen molar-refractivity contribution in [3.63, 3.8) is 0 Å². The third-order valence-corrected chi connectivity index (χ3v) is 3.79. The Kier molecular flexibility index (Phi) is 3.35. The number of hydrogen-bond acceptors (Lipinski definition) is 4. The van der Waals surface area contributed by atoms with Gasteiger partial charge in [0.25, 0.3) is 0 Å². The van der Waals surface area contributed by atoms with Crippen LogP contribution in [0.15, 0.2) is 35.1 Å². The summed E-state index contributed by atoms with van der Waals surface area (Å²) in [6, 6.07) is 8.06. The summed E-state index contributed by atoms with van der Waals surface area (Å²) in [5.74, 6) is 0.568. The number of nitrogens with zero attached hydrogens (tertiary/aromatic N) is 6. The molecule has 0 amide bonds. The highest BCUT2D eigenvalue weighted by Crippen LogP contribution is 2.28.